The van der Waals surface area contributed by atoms with Crippen molar-refractivity contribution in [2.24, 2.45) is 5.73 Å². The van der Waals surface area contributed by atoms with Crippen LogP contribution in [0.4, 0.5) is 0 Å². The van der Waals surface area contributed by atoms with E-state index in [0.29, 0.717) is 11.6 Å². The van der Waals surface area contributed by atoms with Gasteiger partial charge in [0.05, 0.1) is 12.3 Å². The molecule has 5 nitrogen and oxygen atoms in total. The van der Waals surface area contributed by atoms with Crippen LogP contribution in [0.3, 0.4) is 0 Å². The van der Waals surface area contributed by atoms with Crippen LogP contribution in [0.15, 0.2) is 0 Å². The summed E-state index contributed by atoms with van der Waals surface area (Å²) in [6, 6.07) is -0.157. The van der Waals surface area contributed by atoms with Gasteiger partial charge in [0, 0.05) is 24.3 Å². The number of nitrogens with two attached hydrogens (primary N) is 1. The van der Waals surface area contributed by atoms with Gasteiger partial charge < -0.3 is 10.5 Å². The van der Waals surface area contributed by atoms with Crippen molar-refractivity contribution in [3.63, 3.8) is 0 Å². The van der Waals surface area contributed by atoms with E-state index in [1.54, 1.807) is 7.11 Å². The summed E-state index contributed by atoms with van der Waals surface area (Å²) in [7, 11) is -1.48. The molecule has 0 saturated heterocycles. The molecule has 1 rings (SSSR count). The van der Waals surface area contributed by atoms with E-state index >= 15 is 0 Å². The van der Waals surface area contributed by atoms with Gasteiger partial charge in [-0.25, -0.2) is 13.4 Å². The Morgan fingerprint density at radius 2 is 2.19 bits per heavy atom. The predicted molar refractivity (Wildman–Crippen MR) is 64.0 cm³/mol. The summed E-state index contributed by atoms with van der Waals surface area (Å²) in [5, 5.41) is 0.571. The monoisotopic (exact) mass is 264 g/mol. The van der Waals surface area contributed by atoms with Gasteiger partial charge >= 0.3 is 0 Å². The SMILES string of the molecule is COCc1nc(CS(C)(=O)=O)sc1C(C)N. The highest BCUT2D eigenvalue weighted by Gasteiger charge is 2.16. The number of methoxy groups -OCH3 is 1. The van der Waals surface area contributed by atoms with Crippen molar-refractivity contribution in [2.45, 2.75) is 25.3 Å². The van der Waals surface area contributed by atoms with Crippen molar-refractivity contribution >= 4 is 21.2 Å². The predicted octanol–water partition coefficient (Wildman–Crippen LogP) is 0.854. The van der Waals surface area contributed by atoms with Gasteiger partial charge in [0.1, 0.15) is 10.8 Å². The van der Waals surface area contributed by atoms with E-state index in [1.807, 2.05) is 6.92 Å². The first-order valence-electron chi connectivity index (χ1n) is 4.74. The highest BCUT2D eigenvalue weighted by Crippen LogP contribution is 2.25. The average molecular weight is 264 g/mol. The molecule has 92 valence electrons. The Morgan fingerprint density at radius 1 is 1.56 bits per heavy atom. The van der Waals surface area contributed by atoms with Crippen LogP contribution < -0.4 is 5.73 Å². The molecule has 0 aliphatic heterocycles. The molecule has 1 atom stereocenters. The van der Waals surface area contributed by atoms with E-state index in [9.17, 15) is 8.42 Å². The lowest BCUT2D eigenvalue weighted by Crippen LogP contribution is -2.06. The van der Waals surface area contributed by atoms with Gasteiger partial charge in [0.15, 0.2) is 9.84 Å². The topological polar surface area (TPSA) is 82.3 Å². The van der Waals surface area contributed by atoms with Crippen molar-refractivity contribution < 1.29 is 13.2 Å². The van der Waals surface area contributed by atoms with Gasteiger partial charge in [-0.1, -0.05) is 0 Å². The highest BCUT2D eigenvalue weighted by molar-refractivity contribution is 7.90. The number of aromatic nitrogens is 1. The third-order valence-corrected chi connectivity index (χ3v) is 4.13. The minimum Gasteiger partial charge on any atom is -0.378 e. The number of hydrogen-bond acceptors (Lipinski definition) is 6. The molecule has 7 heteroatoms. The summed E-state index contributed by atoms with van der Waals surface area (Å²) in [4.78, 5) is 5.13. The second-order valence-electron chi connectivity index (χ2n) is 3.71. The summed E-state index contributed by atoms with van der Waals surface area (Å²) in [6.45, 7) is 2.20. The van der Waals surface area contributed by atoms with Crippen LogP contribution in [0.25, 0.3) is 0 Å². The van der Waals surface area contributed by atoms with Gasteiger partial charge in [-0.15, -0.1) is 11.3 Å². The van der Waals surface area contributed by atoms with Crippen molar-refractivity contribution in [1.29, 1.82) is 0 Å². The zero-order chi connectivity index (χ0) is 12.3. The lowest BCUT2D eigenvalue weighted by atomic mass is 10.2. The van der Waals surface area contributed by atoms with Crippen LogP contribution in [0.2, 0.25) is 0 Å². The van der Waals surface area contributed by atoms with Crippen LogP contribution in [0, 0.1) is 0 Å². The number of hydrogen-bond donors (Lipinski definition) is 1. The fraction of sp³-hybridized carbons (Fsp3) is 0.667. The van der Waals surface area contributed by atoms with Crippen LogP contribution in [0.5, 0.6) is 0 Å². The Balaban J connectivity index is 3.01. The molecular weight excluding hydrogens is 248 g/mol. The summed E-state index contributed by atoms with van der Waals surface area (Å²) in [5.41, 5.74) is 6.52. The molecule has 0 radical (unpaired) electrons. The molecule has 16 heavy (non-hydrogen) atoms. The Bertz CT molecular complexity index is 451. The molecule has 1 heterocycles. The Kier molecular flexibility index (Phi) is 4.43. The van der Waals surface area contributed by atoms with Crippen molar-refractivity contribution in [3.8, 4) is 0 Å². The Hall–Kier alpha value is -0.500. The normalized spacial score (nSPS) is 14.0. The van der Waals surface area contributed by atoms with Crippen molar-refractivity contribution in [2.75, 3.05) is 13.4 Å². The first-order valence-corrected chi connectivity index (χ1v) is 7.62. The molecule has 0 spiro atoms. The summed E-state index contributed by atoms with van der Waals surface area (Å²) in [6.07, 6.45) is 1.19. The van der Waals surface area contributed by atoms with Gasteiger partial charge in [-0.05, 0) is 6.92 Å². The fourth-order valence-electron chi connectivity index (χ4n) is 1.30. The largest absolute Gasteiger partial charge is 0.378 e. The number of nitrogens with zero attached hydrogens (tertiary/aromatic N) is 1. The zero-order valence-corrected chi connectivity index (χ0v) is 11.2. The van der Waals surface area contributed by atoms with Gasteiger partial charge in [0.25, 0.3) is 0 Å². The first-order chi connectivity index (χ1) is 7.33. The van der Waals surface area contributed by atoms with Crippen LogP contribution in [-0.4, -0.2) is 26.8 Å². The second kappa shape index (κ2) is 5.22. The second-order valence-corrected chi connectivity index (χ2v) is 6.97. The van der Waals surface area contributed by atoms with Crippen LogP contribution in [0.1, 0.15) is 28.5 Å². The zero-order valence-electron chi connectivity index (χ0n) is 9.56. The molecule has 2 N–H and O–H groups in total. The van der Waals surface area contributed by atoms with Crippen molar-refractivity contribution in [3.05, 3.63) is 15.6 Å². The van der Waals surface area contributed by atoms with E-state index < -0.39 is 9.84 Å². The Morgan fingerprint density at radius 3 is 2.62 bits per heavy atom. The van der Waals surface area contributed by atoms with Gasteiger partial charge in [-0.3, -0.25) is 0 Å². The van der Waals surface area contributed by atoms with E-state index in [-0.39, 0.29) is 11.8 Å². The first kappa shape index (κ1) is 13.6. The van der Waals surface area contributed by atoms with Crippen molar-refractivity contribution in [1.82, 2.24) is 4.98 Å². The molecule has 0 bridgehead atoms. The number of rotatable bonds is 5. The minimum absolute atomic E-state index is 0.0406. The molecule has 1 aromatic rings. The molecule has 0 fully saturated rings. The quantitative estimate of drug-likeness (QED) is 0.852. The molecule has 0 amide bonds. The molecule has 1 aromatic heterocycles. The summed E-state index contributed by atoms with van der Waals surface area (Å²) in [5.74, 6) is -0.0406. The number of thiazole rings is 1. The van der Waals surface area contributed by atoms with Crippen LogP contribution in [-0.2, 0) is 26.9 Å². The van der Waals surface area contributed by atoms with E-state index in [0.717, 1.165) is 10.6 Å². The maximum absolute atomic E-state index is 11.2. The van der Waals surface area contributed by atoms with Gasteiger partial charge in [0.2, 0.25) is 0 Å². The molecule has 0 aromatic carbocycles. The maximum Gasteiger partial charge on any atom is 0.153 e. The van der Waals surface area contributed by atoms with E-state index in [2.05, 4.69) is 4.98 Å². The minimum atomic E-state index is -3.05. The third kappa shape index (κ3) is 3.82. The summed E-state index contributed by atoms with van der Waals surface area (Å²) < 4.78 is 27.3. The van der Waals surface area contributed by atoms with Gasteiger partial charge in [-0.2, -0.15) is 0 Å². The third-order valence-electron chi connectivity index (χ3n) is 1.85. The lowest BCUT2D eigenvalue weighted by molar-refractivity contribution is 0.181. The summed E-state index contributed by atoms with van der Waals surface area (Å²) >= 11 is 1.34. The average Bonchev–Trinajstić information content (AvgIpc) is 2.45. The van der Waals surface area contributed by atoms with E-state index in [1.165, 1.54) is 17.6 Å². The molecule has 1 unspecified atom stereocenters. The molecule has 0 aliphatic rings. The van der Waals surface area contributed by atoms with E-state index in [4.69, 9.17) is 10.5 Å². The fourth-order valence-corrected chi connectivity index (χ4v) is 3.51. The smallest absolute Gasteiger partial charge is 0.153 e. The standard InChI is InChI=1S/C9H16N2O3S2/c1-6(10)9-7(4-14-2)11-8(15-9)5-16(3,12)13/h6H,4-5,10H2,1-3H3. The van der Waals surface area contributed by atoms with Crippen LogP contribution >= 0.6 is 11.3 Å². The molecular formula is C9H16N2O3S2. The molecule has 0 aliphatic carbocycles. The highest BCUT2D eigenvalue weighted by atomic mass is 32.2. The lowest BCUT2D eigenvalue weighted by Gasteiger charge is -2.03. The molecule has 0 saturated carbocycles. The number of ether oxygens (including phenoxy) is 1. The Labute approximate surface area is 99.6 Å². The number of sulfone groups is 1. The maximum atomic E-state index is 11.2.